The molecule has 1 amide bonds. The maximum atomic E-state index is 10.3. The van der Waals surface area contributed by atoms with E-state index in [4.69, 9.17) is 4.55 Å². The molecule has 8 heteroatoms. The second-order valence-corrected chi connectivity index (χ2v) is 3.92. The third kappa shape index (κ3) is 4.01. The highest BCUT2D eigenvalue weighted by Crippen LogP contribution is 2.13. The van der Waals surface area contributed by atoms with Crippen LogP contribution in [0.2, 0.25) is 0 Å². The van der Waals surface area contributed by atoms with Crippen molar-refractivity contribution in [3.05, 3.63) is 0 Å². The molecule has 0 aromatic heterocycles. The molecule has 0 aromatic rings. The zero-order valence-corrected chi connectivity index (χ0v) is 8.14. The Morgan fingerprint density at radius 2 is 1.93 bits per heavy atom. The molecule has 0 saturated carbocycles. The van der Waals surface area contributed by atoms with Crippen LogP contribution in [0, 0.1) is 0 Å². The fourth-order valence-electron chi connectivity index (χ4n) is 1.18. The minimum Gasteiger partial charge on any atom is -0.345 e. The van der Waals surface area contributed by atoms with Crippen LogP contribution in [0.25, 0.3) is 0 Å². The molecule has 1 aliphatic rings. The summed E-state index contributed by atoms with van der Waals surface area (Å²) in [6, 6.07) is 0. The second-order valence-electron chi connectivity index (χ2n) is 2.93. The summed E-state index contributed by atoms with van der Waals surface area (Å²) in [5.41, 5.74) is 0. The Morgan fingerprint density at radius 1 is 1.36 bits per heavy atom. The summed E-state index contributed by atoms with van der Waals surface area (Å²) in [4.78, 5) is 16.3. The van der Waals surface area contributed by atoms with Crippen molar-refractivity contribution in [1.29, 1.82) is 0 Å². The van der Waals surface area contributed by atoms with Gasteiger partial charge in [-0.05, 0) is 12.8 Å². The molecule has 1 heterocycles. The van der Waals surface area contributed by atoms with Crippen molar-refractivity contribution in [1.82, 2.24) is 4.90 Å². The molecule has 0 radical (unpaired) electrons. The first-order valence-corrected chi connectivity index (χ1v) is 5.39. The molecule has 1 N–H and O–H groups in total. The number of nitrogens with zero attached hydrogens (tertiary/aromatic N) is 1. The van der Waals surface area contributed by atoms with Crippen molar-refractivity contribution in [2.45, 2.75) is 18.9 Å². The molecule has 0 aromatic carbocycles. The van der Waals surface area contributed by atoms with Gasteiger partial charge in [-0.1, -0.05) is 4.33 Å². The summed E-state index contributed by atoms with van der Waals surface area (Å²) in [6.45, 7) is 0.978. The topological polar surface area (TPSA) is 93.1 Å². The average Bonchev–Trinajstić information content (AvgIpc) is 2.14. The van der Waals surface area contributed by atoms with Crippen LogP contribution in [-0.2, 0) is 24.4 Å². The molecule has 0 spiro atoms. The predicted molar refractivity (Wildman–Crippen MR) is 44.4 cm³/mol. The van der Waals surface area contributed by atoms with E-state index in [2.05, 4.69) is 9.22 Å². The molecule has 0 unspecified atom stereocenters. The van der Waals surface area contributed by atoms with Crippen LogP contribution in [-0.4, -0.2) is 43.5 Å². The summed E-state index contributed by atoms with van der Waals surface area (Å²) in [5.74, 6) is 0. The summed E-state index contributed by atoms with van der Waals surface area (Å²) < 4.78 is 32.2. The molecular weight excluding hydrogens is 214 g/mol. The van der Waals surface area contributed by atoms with Gasteiger partial charge >= 0.3 is 10.4 Å². The Hall–Kier alpha value is -0.700. The van der Waals surface area contributed by atoms with Gasteiger partial charge in [0, 0.05) is 13.1 Å². The van der Waals surface area contributed by atoms with Crippen molar-refractivity contribution in [3.63, 3.8) is 0 Å². The molecule has 1 saturated heterocycles. The third-order valence-corrected chi connectivity index (χ3v) is 2.14. The largest absolute Gasteiger partial charge is 0.424 e. The first kappa shape index (κ1) is 11.4. The normalized spacial score (nSPS) is 19.6. The van der Waals surface area contributed by atoms with Crippen LogP contribution in [0.15, 0.2) is 0 Å². The van der Waals surface area contributed by atoms with Gasteiger partial charge in [0.25, 0.3) is 0 Å². The Labute approximate surface area is 81.5 Å². The van der Waals surface area contributed by atoms with Gasteiger partial charge in [-0.25, -0.2) is 4.89 Å². The fraction of sp³-hybridized carbons (Fsp3) is 0.833. The van der Waals surface area contributed by atoms with Gasteiger partial charge < -0.3 is 4.90 Å². The zero-order chi connectivity index (χ0) is 10.6. The van der Waals surface area contributed by atoms with E-state index in [1.807, 2.05) is 0 Å². The third-order valence-electron chi connectivity index (χ3n) is 1.89. The van der Waals surface area contributed by atoms with Gasteiger partial charge in [0.15, 0.2) is 0 Å². The van der Waals surface area contributed by atoms with Crippen LogP contribution in [0.4, 0.5) is 0 Å². The van der Waals surface area contributed by atoms with E-state index >= 15 is 0 Å². The molecule has 0 atom stereocenters. The molecule has 1 aliphatic heterocycles. The lowest BCUT2D eigenvalue weighted by Crippen LogP contribution is -2.36. The highest BCUT2D eigenvalue weighted by atomic mass is 32.3. The lowest BCUT2D eigenvalue weighted by atomic mass is 10.1. The van der Waals surface area contributed by atoms with Crippen LogP contribution >= 0.6 is 0 Å². The van der Waals surface area contributed by atoms with E-state index in [0.717, 1.165) is 6.41 Å². The van der Waals surface area contributed by atoms with E-state index < -0.39 is 16.5 Å². The first-order valence-electron chi connectivity index (χ1n) is 4.03. The molecule has 1 rings (SSSR count). The van der Waals surface area contributed by atoms with E-state index in [9.17, 15) is 13.2 Å². The summed E-state index contributed by atoms with van der Waals surface area (Å²) in [6.07, 6.45) is 1.27. The number of hydrogen-bond donors (Lipinski definition) is 1. The summed E-state index contributed by atoms with van der Waals surface area (Å²) >= 11 is 0. The smallest absolute Gasteiger partial charge is 0.345 e. The van der Waals surface area contributed by atoms with E-state index in [1.54, 1.807) is 4.90 Å². The number of piperidine rings is 1. The van der Waals surface area contributed by atoms with Gasteiger partial charge in [0.05, 0.1) is 6.10 Å². The summed E-state index contributed by atoms with van der Waals surface area (Å²) in [5, 5.41) is 0. The molecule has 0 aliphatic carbocycles. The highest BCUT2D eigenvalue weighted by Gasteiger charge is 2.21. The number of carbonyl (C=O) groups is 1. The molecular formula is C6H11NO6S. The van der Waals surface area contributed by atoms with Crippen molar-refractivity contribution >= 4 is 16.8 Å². The molecule has 7 nitrogen and oxygen atoms in total. The van der Waals surface area contributed by atoms with Gasteiger partial charge in [-0.2, -0.15) is 8.42 Å². The monoisotopic (exact) mass is 225 g/mol. The van der Waals surface area contributed by atoms with Crippen molar-refractivity contribution in [3.8, 4) is 0 Å². The summed E-state index contributed by atoms with van der Waals surface area (Å²) in [7, 11) is -4.55. The quantitative estimate of drug-likeness (QED) is 0.296. The first-order chi connectivity index (χ1) is 6.51. The lowest BCUT2D eigenvalue weighted by molar-refractivity contribution is -0.253. The van der Waals surface area contributed by atoms with Crippen LogP contribution in [0.1, 0.15) is 12.8 Å². The van der Waals surface area contributed by atoms with Gasteiger partial charge in [0.2, 0.25) is 6.41 Å². The maximum Gasteiger partial charge on any atom is 0.424 e. The zero-order valence-electron chi connectivity index (χ0n) is 7.33. The number of amides is 1. The van der Waals surface area contributed by atoms with E-state index in [0.29, 0.717) is 25.9 Å². The Kier molecular flexibility index (Phi) is 3.81. The molecule has 82 valence electrons. The minimum atomic E-state index is -4.55. The van der Waals surface area contributed by atoms with Crippen LogP contribution < -0.4 is 0 Å². The number of likely N-dealkylation sites (tertiary alicyclic amines) is 1. The van der Waals surface area contributed by atoms with Gasteiger partial charge in [-0.15, -0.1) is 0 Å². The van der Waals surface area contributed by atoms with Crippen LogP contribution in [0.5, 0.6) is 0 Å². The average molecular weight is 225 g/mol. The van der Waals surface area contributed by atoms with Crippen molar-refractivity contribution in [2.24, 2.45) is 0 Å². The number of rotatable bonds is 4. The van der Waals surface area contributed by atoms with Crippen LogP contribution in [0.3, 0.4) is 0 Å². The second kappa shape index (κ2) is 4.69. The minimum absolute atomic E-state index is 0.409. The highest BCUT2D eigenvalue weighted by molar-refractivity contribution is 7.80. The van der Waals surface area contributed by atoms with Gasteiger partial charge in [-0.3, -0.25) is 9.35 Å². The maximum absolute atomic E-state index is 10.3. The molecule has 0 bridgehead atoms. The SMILES string of the molecule is O=CN1CCC(OOS(=O)(=O)O)CC1. The number of hydrogen-bond acceptors (Lipinski definition) is 5. The van der Waals surface area contributed by atoms with Crippen molar-refractivity contribution in [2.75, 3.05) is 13.1 Å². The lowest BCUT2D eigenvalue weighted by Gasteiger charge is -2.27. The number of carbonyl (C=O) groups excluding carboxylic acids is 1. The molecule has 1 fully saturated rings. The Balaban J connectivity index is 2.26. The standard InChI is InChI=1S/C6H11NO6S/c8-5-7-3-1-6(2-4-7)12-13-14(9,10)11/h5-6H,1-4H2,(H,9,10,11). The van der Waals surface area contributed by atoms with Crippen molar-refractivity contribution < 1.29 is 27.0 Å². The van der Waals surface area contributed by atoms with E-state index in [-0.39, 0.29) is 0 Å². The van der Waals surface area contributed by atoms with E-state index in [1.165, 1.54) is 0 Å². The Morgan fingerprint density at radius 3 is 2.36 bits per heavy atom. The molecule has 14 heavy (non-hydrogen) atoms. The Bertz CT molecular complexity index is 281. The fourth-order valence-corrected chi connectivity index (χ4v) is 1.39. The predicted octanol–water partition coefficient (Wildman–Crippen LogP) is -0.642. The van der Waals surface area contributed by atoms with Gasteiger partial charge in [0.1, 0.15) is 0 Å².